The monoisotopic (exact) mass is 461 g/mol. The third-order valence-corrected chi connectivity index (χ3v) is 5.42. The topological polar surface area (TPSA) is 131 Å². The van der Waals surface area contributed by atoms with Gasteiger partial charge in [-0.2, -0.15) is 23.4 Å². The van der Waals surface area contributed by atoms with Crippen LogP contribution in [0.5, 0.6) is 0 Å². The van der Waals surface area contributed by atoms with E-state index in [1.807, 2.05) is 13.8 Å². The third-order valence-electron chi connectivity index (χ3n) is 3.77. The number of aromatic nitrogens is 3. The molecule has 13 heteroatoms. The largest absolute Gasteiger partial charge is 0.490 e. The van der Waals surface area contributed by atoms with E-state index >= 15 is 0 Å². The fourth-order valence-corrected chi connectivity index (χ4v) is 3.56. The number of hydrogen-bond acceptors (Lipinski definition) is 7. The number of alkyl halides is 3. The first-order chi connectivity index (χ1) is 13.9. The van der Waals surface area contributed by atoms with Crippen LogP contribution >= 0.6 is 22.9 Å². The van der Waals surface area contributed by atoms with Crippen LogP contribution in [0.1, 0.15) is 26.5 Å². The molecule has 3 rings (SSSR count). The highest BCUT2D eigenvalue weighted by Crippen LogP contribution is 2.38. The Labute approximate surface area is 176 Å². The zero-order valence-electron chi connectivity index (χ0n) is 15.5. The van der Waals surface area contributed by atoms with Gasteiger partial charge in [-0.15, -0.1) is 11.3 Å². The number of pyridine rings is 1. The van der Waals surface area contributed by atoms with E-state index in [0.717, 1.165) is 27.0 Å². The molecule has 0 aliphatic heterocycles. The van der Waals surface area contributed by atoms with Gasteiger partial charge in [0, 0.05) is 18.1 Å². The summed E-state index contributed by atoms with van der Waals surface area (Å²) in [5, 5.41) is 18.8. The molecule has 0 bridgehead atoms. The summed E-state index contributed by atoms with van der Waals surface area (Å²) < 4.78 is 31.7. The number of anilines is 1. The van der Waals surface area contributed by atoms with Crippen LogP contribution < -0.4 is 11.1 Å². The number of nitrogen functional groups attached to an aromatic ring is 1. The summed E-state index contributed by atoms with van der Waals surface area (Å²) in [6.07, 6.45) is -1.91. The number of nitrogens with zero attached hydrogens (tertiary/aromatic N) is 3. The lowest BCUT2D eigenvalue weighted by atomic mass is 10.1. The molecule has 8 nitrogen and oxygen atoms in total. The molecule has 30 heavy (non-hydrogen) atoms. The second kappa shape index (κ2) is 9.22. The van der Waals surface area contributed by atoms with Gasteiger partial charge in [-0.25, -0.2) is 9.78 Å². The number of amides is 1. The Hall–Kier alpha value is -2.99. The number of rotatable bonds is 3. The second-order valence-electron chi connectivity index (χ2n) is 5.90. The van der Waals surface area contributed by atoms with E-state index in [4.69, 9.17) is 27.2 Å². The van der Waals surface area contributed by atoms with Gasteiger partial charge in [0.25, 0.3) is 5.91 Å². The number of aryl methyl sites for hydroxylation is 2. The highest BCUT2D eigenvalue weighted by Gasteiger charge is 2.38. The fourth-order valence-electron chi connectivity index (χ4n) is 2.31. The minimum atomic E-state index is -5.08. The molecule has 4 N–H and O–H groups in total. The Kier molecular flexibility index (Phi) is 7.16. The van der Waals surface area contributed by atoms with Gasteiger partial charge in [-0.05, 0) is 31.0 Å². The molecule has 0 saturated heterocycles. The van der Waals surface area contributed by atoms with Gasteiger partial charge in [-0.3, -0.25) is 4.79 Å². The van der Waals surface area contributed by atoms with Crippen molar-refractivity contribution in [1.82, 2.24) is 20.5 Å². The van der Waals surface area contributed by atoms with Crippen molar-refractivity contribution < 1.29 is 27.9 Å². The number of carbonyl (C=O) groups is 2. The van der Waals surface area contributed by atoms with Crippen LogP contribution in [-0.2, 0) is 11.3 Å². The summed E-state index contributed by atoms with van der Waals surface area (Å²) in [7, 11) is 0. The Morgan fingerprint density at radius 2 is 1.93 bits per heavy atom. The number of nitrogens with two attached hydrogens (primary N) is 1. The predicted octanol–water partition coefficient (Wildman–Crippen LogP) is 3.50. The molecule has 1 amide bonds. The average Bonchev–Trinajstić information content (AvgIpc) is 3.01. The Morgan fingerprint density at radius 3 is 2.47 bits per heavy atom. The SMILES string of the molecule is Cc1nc2sc(C(=O)NCc3ccnnc3)c(N)c2c(C)c1Cl.O=C(O)C(F)(F)F. The molecular formula is C17H15ClF3N5O3S. The van der Waals surface area contributed by atoms with E-state index in [0.29, 0.717) is 22.1 Å². The van der Waals surface area contributed by atoms with Gasteiger partial charge < -0.3 is 16.2 Å². The smallest absolute Gasteiger partial charge is 0.475 e. The van der Waals surface area contributed by atoms with Crippen molar-refractivity contribution in [3.05, 3.63) is 45.2 Å². The van der Waals surface area contributed by atoms with Crippen molar-refractivity contribution >= 4 is 50.7 Å². The first-order valence-electron chi connectivity index (χ1n) is 8.12. The first kappa shape index (κ1) is 23.3. The number of thiophene rings is 1. The Bertz CT molecular complexity index is 1090. The summed E-state index contributed by atoms with van der Waals surface area (Å²) in [4.78, 5) is 26.9. The van der Waals surface area contributed by atoms with Gasteiger partial charge in [-0.1, -0.05) is 11.6 Å². The molecule has 0 atom stereocenters. The van der Waals surface area contributed by atoms with Crippen molar-refractivity contribution in [2.75, 3.05) is 5.73 Å². The van der Waals surface area contributed by atoms with Gasteiger partial charge in [0.2, 0.25) is 0 Å². The van der Waals surface area contributed by atoms with Crippen molar-refractivity contribution in [3.8, 4) is 0 Å². The molecule has 0 aliphatic rings. The molecule has 3 aromatic heterocycles. The summed E-state index contributed by atoms with van der Waals surface area (Å²) in [6.45, 7) is 4.07. The lowest BCUT2D eigenvalue weighted by molar-refractivity contribution is -0.192. The molecule has 0 aromatic carbocycles. The van der Waals surface area contributed by atoms with E-state index in [1.54, 1.807) is 18.5 Å². The zero-order valence-corrected chi connectivity index (χ0v) is 17.1. The standard InChI is InChI=1S/C15H14ClN5OS.C2HF3O2/c1-7-10-12(17)13(23-15(10)21-8(2)11(7)16)14(22)18-5-9-3-4-19-20-6-9;3-2(4,5)1(6)7/h3-4,6H,5,17H2,1-2H3,(H,18,22);(H,6,7). The molecule has 0 unspecified atom stereocenters. The maximum Gasteiger partial charge on any atom is 0.490 e. The highest BCUT2D eigenvalue weighted by molar-refractivity contribution is 7.21. The number of halogens is 4. The van der Waals surface area contributed by atoms with Crippen molar-refractivity contribution in [1.29, 1.82) is 0 Å². The number of fused-ring (bicyclic) bond motifs is 1. The van der Waals surface area contributed by atoms with Gasteiger partial charge in [0.15, 0.2) is 0 Å². The number of nitrogens with one attached hydrogen (secondary N) is 1. The molecule has 0 spiro atoms. The number of aliphatic carboxylic acids is 1. The van der Waals surface area contributed by atoms with Crippen molar-refractivity contribution in [2.24, 2.45) is 0 Å². The molecule has 0 saturated carbocycles. The summed E-state index contributed by atoms with van der Waals surface area (Å²) >= 11 is 7.50. The van der Waals surface area contributed by atoms with Crippen LogP contribution in [0.25, 0.3) is 10.2 Å². The summed E-state index contributed by atoms with van der Waals surface area (Å²) in [5.74, 6) is -3.00. The van der Waals surface area contributed by atoms with Crippen LogP contribution in [0.15, 0.2) is 18.5 Å². The predicted molar refractivity (Wildman–Crippen MR) is 105 cm³/mol. The quantitative estimate of drug-likeness (QED) is 0.544. The van der Waals surface area contributed by atoms with Gasteiger partial charge >= 0.3 is 12.1 Å². The molecule has 0 radical (unpaired) electrons. The summed E-state index contributed by atoms with van der Waals surface area (Å²) in [5.41, 5.74) is 9.02. The maximum atomic E-state index is 12.4. The van der Waals surface area contributed by atoms with Crippen LogP contribution in [0.2, 0.25) is 5.02 Å². The lowest BCUT2D eigenvalue weighted by Gasteiger charge is -2.05. The summed E-state index contributed by atoms with van der Waals surface area (Å²) in [6, 6.07) is 1.79. The highest BCUT2D eigenvalue weighted by atomic mass is 35.5. The van der Waals surface area contributed by atoms with Gasteiger partial charge in [0.05, 0.1) is 22.6 Å². The van der Waals surface area contributed by atoms with Gasteiger partial charge in [0.1, 0.15) is 9.71 Å². The third kappa shape index (κ3) is 5.33. The molecule has 0 fully saturated rings. The number of hydrogen-bond donors (Lipinski definition) is 3. The number of carbonyl (C=O) groups excluding carboxylic acids is 1. The van der Waals surface area contributed by atoms with Crippen LogP contribution in [0, 0.1) is 13.8 Å². The number of carboxylic acids is 1. The second-order valence-corrected chi connectivity index (χ2v) is 7.27. The van der Waals surface area contributed by atoms with Crippen LogP contribution in [0.3, 0.4) is 0 Å². The normalized spacial score (nSPS) is 11.0. The molecule has 3 aromatic rings. The van der Waals surface area contributed by atoms with Crippen molar-refractivity contribution in [2.45, 2.75) is 26.6 Å². The minimum Gasteiger partial charge on any atom is -0.475 e. The average molecular weight is 462 g/mol. The van der Waals surface area contributed by atoms with E-state index in [9.17, 15) is 18.0 Å². The molecular weight excluding hydrogens is 447 g/mol. The zero-order chi connectivity index (χ0) is 22.6. The van der Waals surface area contributed by atoms with E-state index in [2.05, 4.69) is 20.5 Å². The van der Waals surface area contributed by atoms with Crippen LogP contribution in [0.4, 0.5) is 18.9 Å². The Morgan fingerprint density at radius 1 is 1.30 bits per heavy atom. The Balaban J connectivity index is 0.000000396. The number of carboxylic acid groups (broad SMARTS) is 1. The minimum absolute atomic E-state index is 0.240. The van der Waals surface area contributed by atoms with E-state index in [-0.39, 0.29) is 5.91 Å². The fraction of sp³-hybridized carbons (Fsp3) is 0.235. The van der Waals surface area contributed by atoms with Crippen molar-refractivity contribution in [3.63, 3.8) is 0 Å². The molecule has 3 heterocycles. The first-order valence-corrected chi connectivity index (χ1v) is 9.31. The maximum absolute atomic E-state index is 12.4. The van der Waals surface area contributed by atoms with E-state index in [1.165, 1.54) is 11.3 Å². The van der Waals surface area contributed by atoms with E-state index < -0.39 is 12.1 Å². The lowest BCUT2D eigenvalue weighted by Crippen LogP contribution is -2.22. The van der Waals surface area contributed by atoms with Crippen LogP contribution in [-0.4, -0.2) is 38.3 Å². The molecule has 0 aliphatic carbocycles. The molecule has 160 valence electrons.